The highest BCUT2D eigenvalue weighted by Crippen LogP contribution is 2.36. The molecular formula is C19H20N2O3S2. The first-order valence-corrected chi connectivity index (χ1v) is 10.2. The molecule has 1 aliphatic carbocycles. The summed E-state index contributed by atoms with van der Waals surface area (Å²) in [5.74, 6) is 0.865. The number of ether oxygens (including phenoxy) is 1. The van der Waals surface area contributed by atoms with Gasteiger partial charge in [-0.2, -0.15) is 0 Å². The van der Waals surface area contributed by atoms with Gasteiger partial charge in [0.2, 0.25) is 5.91 Å². The molecule has 1 saturated carbocycles. The fourth-order valence-corrected chi connectivity index (χ4v) is 4.74. The molecule has 136 valence electrons. The quantitative estimate of drug-likeness (QED) is 0.621. The maximum atomic E-state index is 13.0. The highest BCUT2D eigenvalue weighted by atomic mass is 32.2. The molecule has 1 saturated heterocycles. The first kappa shape index (κ1) is 17.5. The van der Waals surface area contributed by atoms with Crippen molar-refractivity contribution in [2.45, 2.75) is 32.1 Å². The van der Waals surface area contributed by atoms with Crippen molar-refractivity contribution < 1.29 is 14.3 Å². The molecule has 1 aromatic rings. The van der Waals surface area contributed by atoms with Crippen LogP contribution in [0.15, 0.2) is 23.1 Å². The largest absolute Gasteiger partial charge is 0.490 e. The van der Waals surface area contributed by atoms with Gasteiger partial charge in [-0.15, -0.1) is 0 Å². The van der Waals surface area contributed by atoms with Crippen molar-refractivity contribution in [3.8, 4) is 5.75 Å². The van der Waals surface area contributed by atoms with Crippen LogP contribution in [0.1, 0.15) is 37.7 Å². The molecule has 4 rings (SSSR count). The Morgan fingerprint density at radius 3 is 2.85 bits per heavy atom. The van der Waals surface area contributed by atoms with Gasteiger partial charge in [0.25, 0.3) is 5.91 Å². The van der Waals surface area contributed by atoms with Gasteiger partial charge in [0.1, 0.15) is 16.7 Å². The van der Waals surface area contributed by atoms with Crippen molar-refractivity contribution in [2.24, 2.45) is 5.92 Å². The van der Waals surface area contributed by atoms with Crippen molar-refractivity contribution >= 4 is 51.9 Å². The van der Waals surface area contributed by atoms with Crippen LogP contribution in [0.2, 0.25) is 0 Å². The molecule has 1 aromatic carbocycles. The summed E-state index contributed by atoms with van der Waals surface area (Å²) in [7, 11) is 0. The summed E-state index contributed by atoms with van der Waals surface area (Å²) in [5, 5.41) is 2.62. The maximum Gasteiger partial charge on any atom is 0.263 e. The van der Waals surface area contributed by atoms with E-state index >= 15 is 0 Å². The SMILES string of the molecule is O=C1NC(=S)SC1=Cc1ccc2c(c1)N(C(=O)C1CCCCC1)CCO2. The lowest BCUT2D eigenvalue weighted by atomic mass is 9.88. The van der Waals surface area contributed by atoms with Crippen LogP contribution in [0.3, 0.4) is 0 Å². The van der Waals surface area contributed by atoms with Crippen molar-refractivity contribution in [1.82, 2.24) is 5.32 Å². The van der Waals surface area contributed by atoms with Gasteiger partial charge < -0.3 is 15.0 Å². The van der Waals surface area contributed by atoms with Gasteiger partial charge >= 0.3 is 0 Å². The number of benzene rings is 1. The number of fused-ring (bicyclic) bond motifs is 1. The van der Waals surface area contributed by atoms with Gasteiger partial charge in [-0.05, 0) is 36.6 Å². The number of hydrogen-bond acceptors (Lipinski definition) is 5. The Balaban J connectivity index is 1.62. The summed E-state index contributed by atoms with van der Waals surface area (Å²) in [5.41, 5.74) is 1.66. The van der Waals surface area contributed by atoms with E-state index in [1.165, 1.54) is 18.2 Å². The van der Waals surface area contributed by atoms with E-state index in [0.29, 0.717) is 22.4 Å². The number of anilines is 1. The zero-order valence-corrected chi connectivity index (χ0v) is 16.0. The summed E-state index contributed by atoms with van der Waals surface area (Å²) in [6, 6.07) is 5.70. The molecule has 26 heavy (non-hydrogen) atoms. The van der Waals surface area contributed by atoms with Crippen LogP contribution in [0.25, 0.3) is 6.08 Å². The molecule has 3 aliphatic rings. The number of carbonyl (C=O) groups excluding carboxylic acids is 2. The standard InChI is InChI=1S/C19H20N2O3S2/c22-17-16(26-19(25)20-17)11-12-6-7-15-14(10-12)21(8-9-24-15)18(23)13-4-2-1-3-5-13/h6-7,10-11,13H,1-5,8-9H2,(H,20,22,25). The minimum Gasteiger partial charge on any atom is -0.490 e. The molecule has 0 spiro atoms. The molecule has 5 nitrogen and oxygen atoms in total. The second kappa shape index (κ2) is 7.40. The molecular weight excluding hydrogens is 368 g/mol. The van der Waals surface area contributed by atoms with E-state index < -0.39 is 0 Å². The number of nitrogens with one attached hydrogen (secondary N) is 1. The molecule has 0 unspecified atom stereocenters. The van der Waals surface area contributed by atoms with E-state index in [1.54, 1.807) is 6.08 Å². The zero-order valence-electron chi connectivity index (χ0n) is 14.3. The lowest BCUT2D eigenvalue weighted by Crippen LogP contribution is -2.42. The Hall–Kier alpha value is -1.86. The van der Waals surface area contributed by atoms with Crippen LogP contribution in [-0.4, -0.2) is 29.3 Å². The number of rotatable bonds is 2. The molecule has 2 heterocycles. The Morgan fingerprint density at radius 2 is 2.12 bits per heavy atom. The van der Waals surface area contributed by atoms with E-state index in [-0.39, 0.29) is 17.7 Å². The molecule has 1 N–H and O–H groups in total. The van der Waals surface area contributed by atoms with Crippen LogP contribution in [0, 0.1) is 5.92 Å². The Labute approximate surface area is 162 Å². The second-order valence-corrected chi connectivity index (χ2v) is 8.47. The van der Waals surface area contributed by atoms with Gasteiger partial charge in [0, 0.05) is 5.92 Å². The van der Waals surface area contributed by atoms with Crippen LogP contribution in [0.4, 0.5) is 5.69 Å². The van der Waals surface area contributed by atoms with Crippen LogP contribution < -0.4 is 15.0 Å². The van der Waals surface area contributed by atoms with E-state index in [1.807, 2.05) is 23.1 Å². The first-order chi connectivity index (χ1) is 12.6. The van der Waals surface area contributed by atoms with Gasteiger partial charge in [0.05, 0.1) is 17.1 Å². The zero-order chi connectivity index (χ0) is 18.1. The average molecular weight is 389 g/mol. The van der Waals surface area contributed by atoms with E-state index in [4.69, 9.17) is 17.0 Å². The fourth-order valence-electron chi connectivity index (χ4n) is 3.70. The number of thioether (sulfide) groups is 1. The number of carbonyl (C=O) groups is 2. The molecule has 2 fully saturated rings. The third-order valence-corrected chi connectivity index (χ3v) is 6.17. The second-order valence-electron chi connectivity index (χ2n) is 6.75. The topological polar surface area (TPSA) is 58.6 Å². The van der Waals surface area contributed by atoms with Crippen molar-refractivity contribution in [3.63, 3.8) is 0 Å². The van der Waals surface area contributed by atoms with Gasteiger partial charge in [-0.1, -0.05) is 49.3 Å². The molecule has 0 aromatic heterocycles. The van der Waals surface area contributed by atoms with Crippen LogP contribution >= 0.6 is 24.0 Å². The van der Waals surface area contributed by atoms with E-state index in [2.05, 4.69) is 5.32 Å². The molecule has 2 amide bonds. The van der Waals surface area contributed by atoms with E-state index in [9.17, 15) is 9.59 Å². The molecule has 0 atom stereocenters. The maximum absolute atomic E-state index is 13.0. The number of thiocarbonyl (C=S) groups is 1. The predicted molar refractivity (Wildman–Crippen MR) is 107 cm³/mol. The summed E-state index contributed by atoms with van der Waals surface area (Å²) >= 11 is 6.29. The predicted octanol–water partition coefficient (Wildman–Crippen LogP) is 3.48. The first-order valence-electron chi connectivity index (χ1n) is 8.95. The third kappa shape index (κ3) is 3.50. The van der Waals surface area contributed by atoms with Gasteiger partial charge in [0.15, 0.2) is 0 Å². The lowest BCUT2D eigenvalue weighted by molar-refractivity contribution is -0.123. The number of hydrogen-bond donors (Lipinski definition) is 1. The smallest absolute Gasteiger partial charge is 0.263 e. The Bertz CT molecular complexity index is 800. The Morgan fingerprint density at radius 1 is 1.31 bits per heavy atom. The molecule has 0 bridgehead atoms. The van der Waals surface area contributed by atoms with Crippen molar-refractivity contribution in [1.29, 1.82) is 0 Å². The Kier molecular flexibility index (Phi) is 5.00. The summed E-state index contributed by atoms with van der Waals surface area (Å²) < 4.78 is 6.20. The number of nitrogens with zero attached hydrogens (tertiary/aromatic N) is 1. The lowest BCUT2D eigenvalue weighted by Gasteiger charge is -2.33. The van der Waals surface area contributed by atoms with E-state index in [0.717, 1.165) is 42.7 Å². The molecule has 2 aliphatic heterocycles. The monoisotopic (exact) mass is 388 g/mol. The van der Waals surface area contributed by atoms with Crippen LogP contribution in [0.5, 0.6) is 5.75 Å². The average Bonchev–Trinajstić information content (AvgIpc) is 2.98. The fraction of sp³-hybridized carbons (Fsp3) is 0.421. The minimum absolute atomic E-state index is 0.116. The van der Waals surface area contributed by atoms with Crippen molar-refractivity contribution in [2.75, 3.05) is 18.1 Å². The number of amides is 2. The van der Waals surface area contributed by atoms with Crippen LogP contribution in [-0.2, 0) is 9.59 Å². The third-order valence-electron chi connectivity index (χ3n) is 5.01. The summed E-state index contributed by atoms with van der Waals surface area (Å²) in [6.45, 7) is 1.08. The summed E-state index contributed by atoms with van der Waals surface area (Å²) in [4.78, 5) is 27.3. The van der Waals surface area contributed by atoms with Gasteiger partial charge in [-0.25, -0.2) is 0 Å². The molecule has 7 heteroatoms. The summed E-state index contributed by atoms with van der Waals surface area (Å²) in [6.07, 6.45) is 7.24. The highest BCUT2D eigenvalue weighted by molar-refractivity contribution is 8.26. The van der Waals surface area contributed by atoms with Crippen molar-refractivity contribution in [3.05, 3.63) is 28.7 Å². The normalized spacial score (nSPS) is 22.2. The molecule has 0 radical (unpaired) electrons. The van der Waals surface area contributed by atoms with Gasteiger partial charge in [-0.3, -0.25) is 9.59 Å². The highest BCUT2D eigenvalue weighted by Gasteiger charge is 2.30. The minimum atomic E-state index is -0.177.